The molecule has 116 valence electrons. The summed E-state index contributed by atoms with van der Waals surface area (Å²) >= 11 is 0. The second-order valence-electron chi connectivity index (χ2n) is 7.45. The van der Waals surface area contributed by atoms with Crippen molar-refractivity contribution in [3.05, 3.63) is 71.9 Å². The Morgan fingerprint density at radius 2 is 1.35 bits per heavy atom. The molecule has 0 saturated carbocycles. The highest BCUT2D eigenvalue weighted by atomic mass is 15.3. The first-order valence-electron chi connectivity index (χ1n) is 8.18. The molecule has 0 saturated heterocycles. The summed E-state index contributed by atoms with van der Waals surface area (Å²) in [4.78, 5) is 0. The van der Waals surface area contributed by atoms with Gasteiger partial charge in [-0.05, 0) is 23.1 Å². The van der Waals surface area contributed by atoms with Gasteiger partial charge in [-0.3, -0.25) is 0 Å². The SMILES string of the molecule is CC1(C)c2ccccc2-c2c(cnn2-c2ccccc2)C1(C)C. The van der Waals surface area contributed by atoms with Gasteiger partial charge in [0.2, 0.25) is 0 Å². The molecule has 1 aliphatic carbocycles. The molecular formula is C21H22N2. The van der Waals surface area contributed by atoms with Gasteiger partial charge in [0, 0.05) is 16.5 Å². The van der Waals surface area contributed by atoms with Gasteiger partial charge >= 0.3 is 0 Å². The molecule has 0 atom stereocenters. The molecule has 4 rings (SSSR count). The fourth-order valence-electron chi connectivity index (χ4n) is 3.74. The first-order chi connectivity index (χ1) is 10.9. The van der Waals surface area contributed by atoms with E-state index < -0.39 is 0 Å². The van der Waals surface area contributed by atoms with E-state index in [1.807, 2.05) is 6.07 Å². The number of nitrogens with zero attached hydrogens (tertiary/aromatic N) is 2. The number of hydrogen-bond donors (Lipinski definition) is 0. The van der Waals surface area contributed by atoms with Crippen LogP contribution in [0.1, 0.15) is 38.8 Å². The lowest BCUT2D eigenvalue weighted by atomic mass is 9.57. The number of hydrogen-bond acceptors (Lipinski definition) is 1. The summed E-state index contributed by atoms with van der Waals surface area (Å²) in [6.07, 6.45) is 2.06. The third kappa shape index (κ3) is 1.78. The molecule has 2 heteroatoms. The van der Waals surface area contributed by atoms with Crippen LogP contribution in [0.25, 0.3) is 16.9 Å². The molecule has 0 amide bonds. The lowest BCUT2D eigenvalue weighted by Crippen LogP contribution is -2.43. The van der Waals surface area contributed by atoms with Gasteiger partial charge in [0.15, 0.2) is 0 Å². The number of para-hydroxylation sites is 1. The van der Waals surface area contributed by atoms with Crippen LogP contribution in [0.2, 0.25) is 0 Å². The van der Waals surface area contributed by atoms with Crippen LogP contribution < -0.4 is 0 Å². The Bertz CT molecular complexity index is 870. The molecule has 1 aliphatic rings. The third-order valence-corrected chi connectivity index (χ3v) is 5.86. The summed E-state index contributed by atoms with van der Waals surface area (Å²) < 4.78 is 2.09. The lowest BCUT2D eigenvalue weighted by molar-refractivity contribution is 0.299. The smallest absolute Gasteiger partial charge is 0.0781 e. The van der Waals surface area contributed by atoms with Crippen LogP contribution in [0.15, 0.2) is 60.8 Å². The maximum Gasteiger partial charge on any atom is 0.0781 e. The molecule has 0 bridgehead atoms. The predicted octanol–water partition coefficient (Wildman–Crippen LogP) is 5.11. The van der Waals surface area contributed by atoms with E-state index in [1.54, 1.807) is 0 Å². The fraction of sp³-hybridized carbons (Fsp3) is 0.286. The second-order valence-corrected chi connectivity index (χ2v) is 7.45. The highest BCUT2D eigenvalue weighted by molar-refractivity contribution is 5.75. The van der Waals surface area contributed by atoms with Crippen LogP contribution in [-0.4, -0.2) is 9.78 Å². The molecule has 0 aliphatic heterocycles. The van der Waals surface area contributed by atoms with Gasteiger partial charge in [0.25, 0.3) is 0 Å². The summed E-state index contributed by atoms with van der Waals surface area (Å²) in [6.45, 7) is 9.35. The molecule has 23 heavy (non-hydrogen) atoms. The normalized spacial score (nSPS) is 17.4. The van der Waals surface area contributed by atoms with Gasteiger partial charge in [-0.2, -0.15) is 5.10 Å². The quantitative estimate of drug-likeness (QED) is 0.611. The van der Waals surface area contributed by atoms with E-state index >= 15 is 0 Å². The van der Waals surface area contributed by atoms with Crippen molar-refractivity contribution in [2.24, 2.45) is 0 Å². The highest BCUT2D eigenvalue weighted by Gasteiger charge is 2.47. The third-order valence-electron chi connectivity index (χ3n) is 5.86. The minimum Gasteiger partial charge on any atom is -0.233 e. The zero-order valence-corrected chi connectivity index (χ0v) is 14.2. The molecule has 1 heterocycles. The van der Waals surface area contributed by atoms with Crippen molar-refractivity contribution in [1.82, 2.24) is 9.78 Å². The van der Waals surface area contributed by atoms with Gasteiger partial charge in [0.1, 0.15) is 0 Å². The summed E-state index contributed by atoms with van der Waals surface area (Å²) in [5.41, 5.74) is 6.44. The maximum absolute atomic E-state index is 4.74. The Kier molecular flexibility index (Phi) is 2.84. The van der Waals surface area contributed by atoms with Crippen LogP contribution in [-0.2, 0) is 10.8 Å². The number of fused-ring (bicyclic) bond motifs is 3. The lowest BCUT2D eigenvalue weighted by Gasteiger charge is -2.46. The molecule has 0 spiro atoms. The Balaban J connectivity index is 2.08. The van der Waals surface area contributed by atoms with Crippen LogP contribution in [0, 0.1) is 0 Å². The Hall–Kier alpha value is -2.35. The minimum atomic E-state index is 0.0176. The summed E-state index contributed by atoms with van der Waals surface area (Å²) in [5.74, 6) is 0. The van der Waals surface area contributed by atoms with Crippen LogP contribution >= 0.6 is 0 Å². The molecule has 0 radical (unpaired) electrons. The van der Waals surface area contributed by atoms with Gasteiger partial charge in [0.05, 0.1) is 17.6 Å². The van der Waals surface area contributed by atoms with E-state index in [0.29, 0.717) is 0 Å². The zero-order valence-electron chi connectivity index (χ0n) is 14.2. The summed E-state index contributed by atoms with van der Waals surface area (Å²) in [7, 11) is 0. The van der Waals surface area contributed by atoms with Gasteiger partial charge in [-0.1, -0.05) is 70.2 Å². The fourth-order valence-corrected chi connectivity index (χ4v) is 3.74. The Morgan fingerprint density at radius 3 is 2.09 bits per heavy atom. The number of rotatable bonds is 1. The first-order valence-corrected chi connectivity index (χ1v) is 8.18. The van der Waals surface area contributed by atoms with E-state index in [-0.39, 0.29) is 10.8 Å². The molecule has 2 nitrogen and oxygen atoms in total. The van der Waals surface area contributed by atoms with Crippen molar-refractivity contribution in [3.8, 4) is 16.9 Å². The van der Waals surface area contributed by atoms with Gasteiger partial charge < -0.3 is 0 Å². The van der Waals surface area contributed by atoms with Crippen molar-refractivity contribution in [1.29, 1.82) is 0 Å². The Morgan fingerprint density at radius 1 is 0.739 bits per heavy atom. The monoisotopic (exact) mass is 302 g/mol. The van der Waals surface area contributed by atoms with Gasteiger partial charge in [-0.25, -0.2) is 4.68 Å². The molecule has 0 unspecified atom stereocenters. The van der Waals surface area contributed by atoms with Gasteiger partial charge in [-0.15, -0.1) is 0 Å². The van der Waals surface area contributed by atoms with Crippen molar-refractivity contribution in [2.75, 3.05) is 0 Å². The first kappa shape index (κ1) is 14.3. The molecule has 0 fully saturated rings. The van der Waals surface area contributed by atoms with Crippen LogP contribution in [0.4, 0.5) is 0 Å². The van der Waals surface area contributed by atoms with E-state index in [2.05, 4.69) is 87.1 Å². The van der Waals surface area contributed by atoms with Crippen molar-refractivity contribution in [2.45, 2.75) is 38.5 Å². The van der Waals surface area contributed by atoms with Crippen LogP contribution in [0.3, 0.4) is 0 Å². The largest absolute Gasteiger partial charge is 0.233 e. The van der Waals surface area contributed by atoms with Crippen molar-refractivity contribution >= 4 is 0 Å². The predicted molar refractivity (Wildman–Crippen MR) is 95.1 cm³/mol. The maximum atomic E-state index is 4.74. The topological polar surface area (TPSA) is 17.8 Å². The number of benzene rings is 2. The van der Waals surface area contributed by atoms with E-state index in [9.17, 15) is 0 Å². The molecule has 2 aromatic carbocycles. The molecule has 0 N–H and O–H groups in total. The van der Waals surface area contributed by atoms with E-state index in [0.717, 1.165) is 5.69 Å². The average Bonchev–Trinajstić information content (AvgIpc) is 3.00. The standard InChI is InChI=1S/C21H22N2/c1-20(2)17-13-9-8-12-16(17)19-18(21(20,3)4)14-22-23(19)15-10-6-5-7-11-15/h5-14H,1-4H3. The average molecular weight is 302 g/mol. The Labute approximate surface area is 137 Å². The summed E-state index contributed by atoms with van der Waals surface area (Å²) in [5, 5.41) is 4.74. The summed E-state index contributed by atoms with van der Waals surface area (Å²) in [6, 6.07) is 19.2. The second kappa shape index (κ2) is 4.58. The molecular weight excluding hydrogens is 280 g/mol. The van der Waals surface area contributed by atoms with Crippen molar-refractivity contribution in [3.63, 3.8) is 0 Å². The van der Waals surface area contributed by atoms with Crippen molar-refractivity contribution < 1.29 is 0 Å². The molecule has 3 aromatic rings. The molecule has 1 aromatic heterocycles. The van der Waals surface area contributed by atoms with E-state index in [1.165, 1.54) is 22.4 Å². The van der Waals surface area contributed by atoms with Crippen LogP contribution in [0.5, 0.6) is 0 Å². The highest BCUT2D eigenvalue weighted by Crippen LogP contribution is 2.53. The van der Waals surface area contributed by atoms with E-state index in [4.69, 9.17) is 5.10 Å². The minimum absolute atomic E-state index is 0.0176. The zero-order chi connectivity index (χ0) is 16.2. The number of aromatic nitrogens is 2.